The highest BCUT2D eigenvalue weighted by Crippen LogP contribution is 2.18. The first-order valence-electron chi connectivity index (χ1n) is 11.5. The summed E-state index contributed by atoms with van der Waals surface area (Å²) in [5.74, 6) is -1.27. The number of benzene rings is 1. The van der Waals surface area contributed by atoms with E-state index in [9.17, 15) is 14.4 Å². The minimum Gasteiger partial charge on any atom is -0.357 e. The van der Waals surface area contributed by atoms with E-state index < -0.39 is 18.2 Å². The molecule has 32 heavy (non-hydrogen) atoms. The van der Waals surface area contributed by atoms with E-state index in [0.717, 1.165) is 24.8 Å². The predicted octanol–water partition coefficient (Wildman–Crippen LogP) is 2.48. The zero-order valence-corrected chi connectivity index (χ0v) is 19.4. The van der Waals surface area contributed by atoms with E-state index in [1.807, 2.05) is 44.2 Å². The van der Waals surface area contributed by atoms with Crippen molar-refractivity contribution in [3.05, 3.63) is 35.9 Å². The highest BCUT2D eigenvalue weighted by Gasteiger charge is 2.27. The summed E-state index contributed by atoms with van der Waals surface area (Å²) in [4.78, 5) is 43.1. The number of hydrogen-bond acceptors (Lipinski definition) is 5. The number of amides is 3. The molecule has 1 saturated heterocycles. The highest BCUT2D eigenvalue weighted by molar-refractivity contribution is 5.89. The van der Waals surface area contributed by atoms with Gasteiger partial charge < -0.3 is 15.4 Å². The first-order valence-corrected chi connectivity index (χ1v) is 11.5. The third-order valence-electron chi connectivity index (χ3n) is 5.45. The summed E-state index contributed by atoms with van der Waals surface area (Å²) in [6, 6.07) is 9.13. The monoisotopic (exact) mass is 447 g/mol. The van der Waals surface area contributed by atoms with Crippen molar-refractivity contribution in [2.75, 3.05) is 13.7 Å². The maximum atomic E-state index is 12.8. The Labute approximate surface area is 190 Å². The van der Waals surface area contributed by atoms with Crippen molar-refractivity contribution in [1.29, 1.82) is 0 Å². The van der Waals surface area contributed by atoms with Crippen LogP contribution in [0.3, 0.4) is 0 Å². The number of rotatable bonds is 12. The first-order chi connectivity index (χ1) is 15.4. The molecule has 0 radical (unpaired) electrons. The second kappa shape index (κ2) is 13.9. The van der Waals surface area contributed by atoms with Crippen molar-refractivity contribution >= 4 is 17.7 Å². The molecular formula is C24H37N3O5. The molecule has 0 aliphatic carbocycles. The summed E-state index contributed by atoms with van der Waals surface area (Å²) >= 11 is 0. The second-order valence-corrected chi connectivity index (χ2v) is 8.67. The van der Waals surface area contributed by atoms with Crippen LogP contribution < -0.4 is 16.1 Å². The summed E-state index contributed by atoms with van der Waals surface area (Å²) < 4.78 is 5.46. The van der Waals surface area contributed by atoms with E-state index in [1.54, 1.807) is 7.05 Å². The largest absolute Gasteiger partial charge is 0.357 e. The fourth-order valence-corrected chi connectivity index (χ4v) is 3.74. The van der Waals surface area contributed by atoms with E-state index in [4.69, 9.17) is 9.57 Å². The quantitative estimate of drug-likeness (QED) is 0.427. The van der Waals surface area contributed by atoms with E-state index in [0.29, 0.717) is 25.9 Å². The SMILES string of the molecule is CNC(=O)[C@H](CCc1ccccc1)NC(=O)C[C@H](CC(C)C)C(=O)NOC1CCCCO1. The lowest BCUT2D eigenvalue weighted by atomic mass is 9.93. The van der Waals surface area contributed by atoms with Gasteiger partial charge in [0, 0.05) is 32.4 Å². The van der Waals surface area contributed by atoms with Crippen molar-refractivity contribution in [3.63, 3.8) is 0 Å². The molecule has 8 heteroatoms. The molecule has 1 aromatic rings. The van der Waals surface area contributed by atoms with Crippen LogP contribution in [0.25, 0.3) is 0 Å². The van der Waals surface area contributed by atoms with Gasteiger partial charge in [0.2, 0.25) is 17.7 Å². The third kappa shape index (κ3) is 9.36. The Morgan fingerprint density at radius 1 is 1.12 bits per heavy atom. The van der Waals surface area contributed by atoms with Crippen LogP contribution in [-0.4, -0.2) is 43.7 Å². The van der Waals surface area contributed by atoms with Crippen molar-refractivity contribution in [3.8, 4) is 0 Å². The molecule has 1 unspecified atom stereocenters. The molecule has 3 amide bonds. The predicted molar refractivity (Wildman–Crippen MR) is 121 cm³/mol. The number of carbonyl (C=O) groups is 3. The highest BCUT2D eigenvalue weighted by atomic mass is 16.8. The van der Waals surface area contributed by atoms with Gasteiger partial charge in [-0.2, -0.15) is 0 Å². The summed E-state index contributed by atoms with van der Waals surface area (Å²) in [5, 5.41) is 5.41. The average molecular weight is 448 g/mol. The van der Waals surface area contributed by atoms with Gasteiger partial charge in [0.1, 0.15) is 6.04 Å². The molecule has 0 saturated carbocycles. The number of nitrogens with one attached hydrogen (secondary N) is 3. The van der Waals surface area contributed by atoms with Gasteiger partial charge in [0.15, 0.2) is 6.29 Å². The molecular weight excluding hydrogens is 410 g/mol. The van der Waals surface area contributed by atoms with E-state index >= 15 is 0 Å². The Morgan fingerprint density at radius 2 is 1.88 bits per heavy atom. The molecule has 0 bridgehead atoms. The minimum atomic E-state index is -0.664. The maximum absolute atomic E-state index is 12.8. The standard InChI is InChI=1S/C24H37N3O5/c1-17(2)15-19(23(29)27-32-22-11-7-8-14-31-22)16-21(28)26-20(24(30)25-3)13-12-18-9-5-4-6-10-18/h4-6,9-10,17,19-20,22H,7-8,11-16H2,1-3H3,(H,25,30)(H,26,28)(H,27,29)/t19-,20-,22?/m0/s1. The molecule has 1 fully saturated rings. The van der Waals surface area contributed by atoms with Crippen LogP contribution in [0.1, 0.15) is 57.9 Å². The molecule has 0 spiro atoms. The van der Waals surface area contributed by atoms with Gasteiger partial charge >= 0.3 is 0 Å². The Hall–Kier alpha value is -2.45. The lowest BCUT2D eigenvalue weighted by Gasteiger charge is -2.24. The van der Waals surface area contributed by atoms with Crippen LogP contribution in [0.15, 0.2) is 30.3 Å². The number of carbonyl (C=O) groups excluding carboxylic acids is 3. The van der Waals surface area contributed by atoms with Crippen LogP contribution in [-0.2, 0) is 30.4 Å². The van der Waals surface area contributed by atoms with Gasteiger partial charge in [-0.25, -0.2) is 10.3 Å². The molecule has 8 nitrogen and oxygen atoms in total. The summed E-state index contributed by atoms with van der Waals surface area (Å²) in [5.41, 5.74) is 3.57. The van der Waals surface area contributed by atoms with Crippen molar-refractivity contribution in [2.45, 2.75) is 71.1 Å². The Kier molecular flexibility index (Phi) is 11.2. The molecule has 3 atom stereocenters. The van der Waals surface area contributed by atoms with Crippen LogP contribution in [0.4, 0.5) is 0 Å². The molecule has 1 aliphatic rings. The molecule has 178 valence electrons. The Morgan fingerprint density at radius 3 is 2.50 bits per heavy atom. The lowest BCUT2D eigenvalue weighted by Crippen LogP contribution is -2.47. The van der Waals surface area contributed by atoms with Crippen molar-refractivity contribution in [1.82, 2.24) is 16.1 Å². The lowest BCUT2D eigenvalue weighted by molar-refractivity contribution is -0.202. The van der Waals surface area contributed by atoms with Gasteiger partial charge in [-0.3, -0.25) is 14.4 Å². The van der Waals surface area contributed by atoms with Crippen LogP contribution in [0, 0.1) is 11.8 Å². The summed E-state index contributed by atoms with van der Waals surface area (Å²) in [7, 11) is 1.55. The van der Waals surface area contributed by atoms with E-state index in [-0.39, 0.29) is 30.1 Å². The molecule has 1 heterocycles. The van der Waals surface area contributed by atoms with Crippen LogP contribution in [0.5, 0.6) is 0 Å². The average Bonchev–Trinajstić information content (AvgIpc) is 2.80. The number of aryl methyl sites for hydroxylation is 1. The van der Waals surface area contributed by atoms with Gasteiger partial charge in [-0.05, 0) is 43.6 Å². The smallest absolute Gasteiger partial charge is 0.247 e. The van der Waals surface area contributed by atoms with Crippen LogP contribution >= 0.6 is 0 Å². The van der Waals surface area contributed by atoms with Crippen LogP contribution in [0.2, 0.25) is 0 Å². The Bertz CT molecular complexity index is 720. The number of ether oxygens (including phenoxy) is 1. The maximum Gasteiger partial charge on any atom is 0.247 e. The minimum absolute atomic E-state index is 0.0161. The molecule has 1 aromatic carbocycles. The molecule has 2 rings (SSSR count). The summed E-state index contributed by atoms with van der Waals surface area (Å²) in [6.45, 7) is 4.61. The fraction of sp³-hybridized carbons (Fsp3) is 0.625. The topological polar surface area (TPSA) is 106 Å². The van der Waals surface area contributed by atoms with Gasteiger partial charge in [-0.15, -0.1) is 0 Å². The van der Waals surface area contributed by atoms with Crippen molar-refractivity contribution in [2.24, 2.45) is 11.8 Å². The van der Waals surface area contributed by atoms with Crippen molar-refractivity contribution < 1.29 is 24.0 Å². The molecule has 1 aliphatic heterocycles. The normalized spacial score (nSPS) is 17.9. The van der Waals surface area contributed by atoms with Gasteiger partial charge in [-0.1, -0.05) is 44.2 Å². The number of hydroxylamine groups is 1. The first kappa shape index (κ1) is 25.8. The third-order valence-corrected chi connectivity index (χ3v) is 5.45. The number of likely N-dealkylation sites (N-methyl/N-ethyl adjacent to an activating group) is 1. The molecule has 3 N–H and O–H groups in total. The Balaban J connectivity index is 1.91. The summed E-state index contributed by atoms with van der Waals surface area (Å²) in [6.07, 6.45) is 3.90. The van der Waals surface area contributed by atoms with Gasteiger partial charge in [0.25, 0.3) is 0 Å². The fourth-order valence-electron chi connectivity index (χ4n) is 3.74. The number of hydrogen-bond donors (Lipinski definition) is 3. The zero-order chi connectivity index (χ0) is 23.3. The second-order valence-electron chi connectivity index (χ2n) is 8.67. The molecule has 0 aromatic heterocycles. The zero-order valence-electron chi connectivity index (χ0n) is 19.4. The van der Waals surface area contributed by atoms with E-state index in [2.05, 4.69) is 16.1 Å². The van der Waals surface area contributed by atoms with Gasteiger partial charge in [0.05, 0.1) is 0 Å². The van der Waals surface area contributed by atoms with E-state index in [1.165, 1.54) is 0 Å².